The van der Waals surface area contributed by atoms with Gasteiger partial charge in [-0.2, -0.15) is 25.3 Å². The summed E-state index contributed by atoms with van der Waals surface area (Å²) in [7, 11) is 0. The zero-order valence-corrected chi connectivity index (χ0v) is 23.5. The molecule has 0 rings (SSSR count). The molecule has 0 saturated carbocycles. The van der Waals surface area contributed by atoms with Crippen molar-refractivity contribution in [2.45, 2.75) is 100 Å². The van der Waals surface area contributed by atoms with Gasteiger partial charge >= 0.3 is 11.9 Å². The SMILES string of the molecule is NC(=O)CCCC(CCCC(S)C(=O)O)CC(N)=O.NC(=O)CCCC(CCCC(S)C(=O)O)CC(N)=O. The maximum Gasteiger partial charge on any atom is 0.316 e. The molecular formula is C24H44N4O8S2. The molecule has 0 aliphatic rings. The van der Waals surface area contributed by atoms with E-state index in [2.05, 4.69) is 25.3 Å². The predicted molar refractivity (Wildman–Crippen MR) is 149 cm³/mol. The second-order valence-corrected chi connectivity index (χ2v) is 10.6. The van der Waals surface area contributed by atoms with E-state index in [9.17, 15) is 28.8 Å². The Kier molecular flexibility index (Phi) is 22.3. The highest BCUT2D eigenvalue weighted by molar-refractivity contribution is 7.82. The molecule has 0 aromatic heterocycles. The van der Waals surface area contributed by atoms with Gasteiger partial charge in [-0.25, -0.2) is 0 Å². The fourth-order valence-corrected chi connectivity index (χ4v) is 4.21. The third kappa shape index (κ3) is 25.2. The molecule has 4 atom stereocenters. The van der Waals surface area contributed by atoms with Crippen molar-refractivity contribution in [2.24, 2.45) is 34.8 Å². The molecule has 0 heterocycles. The maximum atomic E-state index is 10.9. The Bertz CT molecular complexity index is 708. The van der Waals surface area contributed by atoms with Crippen molar-refractivity contribution in [1.29, 1.82) is 0 Å². The van der Waals surface area contributed by atoms with Crippen LogP contribution < -0.4 is 22.9 Å². The third-order valence-corrected chi connectivity index (χ3v) is 6.76. The van der Waals surface area contributed by atoms with E-state index in [0.29, 0.717) is 77.0 Å². The van der Waals surface area contributed by atoms with Crippen molar-refractivity contribution in [2.75, 3.05) is 0 Å². The van der Waals surface area contributed by atoms with E-state index in [1.165, 1.54) is 0 Å². The number of primary amides is 4. The first-order chi connectivity index (χ1) is 17.6. The van der Waals surface area contributed by atoms with Crippen LogP contribution in [0, 0.1) is 11.8 Å². The Morgan fingerprint density at radius 1 is 0.500 bits per heavy atom. The number of thiol groups is 2. The second kappa shape index (κ2) is 22.5. The lowest BCUT2D eigenvalue weighted by atomic mass is 9.92. The number of aliphatic carboxylic acids is 2. The summed E-state index contributed by atoms with van der Waals surface area (Å²) in [5, 5.41) is 16.0. The van der Waals surface area contributed by atoms with Gasteiger partial charge in [-0.1, -0.05) is 12.8 Å². The molecule has 0 aromatic carbocycles. The van der Waals surface area contributed by atoms with Crippen LogP contribution in [-0.2, 0) is 28.8 Å². The lowest BCUT2D eigenvalue weighted by Gasteiger charge is -2.15. The quantitative estimate of drug-likeness (QED) is 0.0866. The number of hydrogen-bond donors (Lipinski definition) is 8. The van der Waals surface area contributed by atoms with E-state index in [0.717, 1.165) is 0 Å². The minimum absolute atomic E-state index is 0.0752. The zero-order valence-electron chi connectivity index (χ0n) is 21.8. The first kappa shape index (κ1) is 37.7. The standard InChI is InChI=1S/2C12H22N2O4S/c2*13-10(15)6-2-4-8(7-11(14)16)3-1-5-9(19)12(17)18/h2*8-9,19H,1-7H2,(H2,13,15)(H2,14,16)(H,17,18). The number of amides is 4. The van der Waals surface area contributed by atoms with Gasteiger partial charge in [0.2, 0.25) is 23.6 Å². The summed E-state index contributed by atoms with van der Waals surface area (Å²) in [4.78, 5) is 64.3. The van der Waals surface area contributed by atoms with Gasteiger partial charge < -0.3 is 33.1 Å². The normalized spacial score (nSPS) is 13.7. The molecule has 4 unspecified atom stereocenters. The van der Waals surface area contributed by atoms with E-state index >= 15 is 0 Å². The molecular weight excluding hydrogens is 536 g/mol. The molecule has 220 valence electrons. The topological polar surface area (TPSA) is 247 Å². The van der Waals surface area contributed by atoms with Crippen LogP contribution >= 0.6 is 25.3 Å². The summed E-state index contributed by atoms with van der Waals surface area (Å²) in [5.74, 6) is -3.22. The number of carbonyl (C=O) groups is 6. The van der Waals surface area contributed by atoms with Crippen LogP contribution in [0.4, 0.5) is 0 Å². The highest BCUT2D eigenvalue weighted by Gasteiger charge is 2.17. The minimum atomic E-state index is -0.941. The van der Waals surface area contributed by atoms with Gasteiger partial charge in [-0.05, 0) is 63.2 Å². The summed E-state index contributed by atoms with van der Waals surface area (Å²) in [6.45, 7) is 0. The average molecular weight is 581 g/mol. The number of carboxylic acid groups (broad SMARTS) is 2. The summed E-state index contributed by atoms with van der Waals surface area (Å²) in [6, 6.07) is 0. The third-order valence-electron chi connectivity index (χ3n) is 5.80. The lowest BCUT2D eigenvalue weighted by Crippen LogP contribution is -2.18. The van der Waals surface area contributed by atoms with Gasteiger partial charge in [0, 0.05) is 25.7 Å². The van der Waals surface area contributed by atoms with Crippen molar-refractivity contribution in [1.82, 2.24) is 0 Å². The number of nitrogens with two attached hydrogens (primary N) is 4. The Morgan fingerprint density at radius 2 is 0.789 bits per heavy atom. The van der Waals surface area contributed by atoms with Gasteiger partial charge in [0.15, 0.2) is 0 Å². The maximum absolute atomic E-state index is 10.9. The van der Waals surface area contributed by atoms with Crippen LogP contribution in [0.3, 0.4) is 0 Å². The van der Waals surface area contributed by atoms with Crippen LogP contribution in [0.1, 0.15) is 89.9 Å². The molecule has 0 saturated heterocycles. The van der Waals surface area contributed by atoms with E-state index in [1.807, 2.05) is 0 Å². The molecule has 14 heteroatoms. The minimum Gasteiger partial charge on any atom is -0.480 e. The summed E-state index contributed by atoms with van der Waals surface area (Å²) >= 11 is 7.88. The molecule has 0 aromatic rings. The van der Waals surface area contributed by atoms with E-state index in [-0.39, 0.29) is 48.3 Å². The van der Waals surface area contributed by atoms with Crippen molar-refractivity contribution >= 4 is 60.8 Å². The number of hydrogen-bond acceptors (Lipinski definition) is 8. The van der Waals surface area contributed by atoms with Crippen molar-refractivity contribution in [3.63, 3.8) is 0 Å². The van der Waals surface area contributed by atoms with Gasteiger partial charge in [-0.15, -0.1) is 0 Å². The highest BCUT2D eigenvalue weighted by Crippen LogP contribution is 2.22. The molecule has 0 radical (unpaired) electrons. The predicted octanol–water partition coefficient (Wildman–Crippen LogP) is 1.37. The Labute approximate surface area is 234 Å². The number of carbonyl (C=O) groups excluding carboxylic acids is 4. The van der Waals surface area contributed by atoms with Gasteiger partial charge in [0.25, 0.3) is 0 Å². The molecule has 0 aliphatic carbocycles. The number of rotatable bonds is 22. The molecule has 12 nitrogen and oxygen atoms in total. The summed E-state index contributed by atoms with van der Waals surface area (Å²) < 4.78 is 0. The van der Waals surface area contributed by atoms with Crippen LogP contribution in [0.25, 0.3) is 0 Å². The molecule has 0 aliphatic heterocycles. The zero-order chi connectivity index (χ0) is 29.7. The van der Waals surface area contributed by atoms with Crippen LogP contribution in [-0.4, -0.2) is 56.3 Å². The monoisotopic (exact) mass is 580 g/mol. The van der Waals surface area contributed by atoms with E-state index in [4.69, 9.17) is 33.1 Å². The largest absolute Gasteiger partial charge is 0.480 e. The van der Waals surface area contributed by atoms with Crippen molar-refractivity contribution in [3.05, 3.63) is 0 Å². The summed E-state index contributed by atoms with van der Waals surface area (Å²) in [5.41, 5.74) is 20.4. The second-order valence-electron chi connectivity index (χ2n) is 9.36. The summed E-state index contributed by atoms with van der Waals surface area (Å²) in [6.07, 6.45) is 7.33. The van der Waals surface area contributed by atoms with Crippen molar-refractivity contribution < 1.29 is 39.0 Å². The van der Waals surface area contributed by atoms with E-state index < -0.39 is 22.4 Å². The van der Waals surface area contributed by atoms with Gasteiger partial charge in [0.05, 0.1) is 10.5 Å². The van der Waals surface area contributed by atoms with Crippen molar-refractivity contribution in [3.8, 4) is 0 Å². The van der Waals surface area contributed by atoms with Crippen LogP contribution in [0.5, 0.6) is 0 Å². The Balaban J connectivity index is 0. The molecule has 4 amide bonds. The van der Waals surface area contributed by atoms with E-state index in [1.54, 1.807) is 0 Å². The number of carboxylic acids is 2. The molecule has 38 heavy (non-hydrogen) atoms. The average Bonchev–Trinajstić information content (AvgIpc) is 2.77. The van der Waals surface area contributed by atoms with Gasteiger partial charge in [-0.3, -0.25) is 28.8 Å². The lowest BCUT2D eigenvalue weighted by molar-refractivity contribution is -0.137. The fourth-order valence-electron chi connectivity index (χ4n) is 3.84. The van der Waals surface area contributed by atoms with Gasteiger partial charge in [0.1, 0.15) is 0 Å². The molecule has 10 N–H and O–H groups in total. The molecule has 0 bridgehead atoms. The molecule has 0 fully saturated rings. The Morgan fingerprint density at radius 3 is 1.03 bits per heavy atom. The first-order valence-electron chi connectivity index (χ1n) is 12.6. The Hall–Kier alpha value is -2.48. The molecule has 0 spiro atoms. The first-order valence-corrected chi connectivity index (χ1v) is 13.6. The van der Waals surface area contributed by atoms with Crippen LogP contribution in [0.15, 0.2) is 0 Å². The highest BCUT2D eigenvalue weighted by atomic mass is 32.1. The smallest absolute Gasteiger partial charge is 0.316 e. The van der Waals surface area contributed by atoms with Crippen LogP contribution in [0.2, 0.25) is 0 Å². The fraction of sp³-hybridized carbons (Fsp3) is 0.750.